The number of hydrogen-bond donors (Lipinski definition) is 1. The van der Waals surface area contributed by atoms with Crippen molar-refractivity contribution in [3.63, 3.8) is 0 Å². The molecule has 0 atom stereocenters. The van der Waals surface area contributed by atoms with E-state index in [0.717, 1.165) is 18.2 Å². The highest BCUT2D eigenvalue weighted by atomic mass is 35.5. The molecule has 1 N–H and O–H groups in total. The summed E-state index contributed by atoms with van der Waals surface area (Å²) in [5.74, 6) is -0.695. The van der Waals surface area contributed by atoms with E-state index in [9.17, 15) is 18.0 Å². The fraction of sp³-hybridized carbons (Fsp3) is 0.100. The Balaban J connectivity index is 2.87. The summed E-state index contributed by atoms with van der Waals surface area (Å²) in [7, 11) is 0. The normalized spacial score (nSPS) is 11.3. The molecule has 2 aromatic rings. The predicted molar refractivity (Wildman–Crippen MR) is 54.5 cm³/mol. The van der Waals surface area contributed by atoms with Gasteiger partial charge in [0.1, 0.15) is 5.82 Å². The van der Waals surface area contributed by atoms with Gasteiger partial charge in [-0.25, -0.2) is 13.2 Å². The van der Waals surface area contributed by atoms with Crippen LogP contribution in [0.2, 0.25) is 5.02 Å². The standard InChI is InChI=1S/C10H5ClF3NO/c11-5-1-4(12)2-6-9(5)8(16)3-7(15-6)10(13)14/h1-3,10H,(H,15,16). The average Bonchev–Trinajstić information content (AvgIpc) is 2.15. The minimum absolute atomic E-state index is 0.00691. The molecule has 2 nitrogen and oxygen atoms in total. The molecular weight excluding hydrogens is 243 g/mol. The fourth-order valence-corrected chi connectivity index (χ4v) is 1.74. The topological polar surface area (TPSA) is 32.9 Å². The van der Waals surface area contributed by atoms with Crippen molar-refractivity contribution >= 4 is 22.5 Å². The molecule has 1 aromatic carbocycles. The second-order valence-electron chi connectivity index (χ2n) is 3.20. The Labute approximate surface area is 92.7 Å². The van der Waals surface area contributed by atoms with Gasteiger partial charge in [-0.2, -0.15) is 0 Å². The van der Waals surface area contributed by atoms with E-state index in [4.69, 9.17) is 11.6 Å². The number of alkyl halides is 2. The van der Waals surface area contributed by atoms with Crippen molar-refractivity contribution in [2.45, 2.75) is 6.43 Å². The van der Waals surface area contributed by atoms with Gasteiger partial charge in [-0.15, -0.1) is 0 Å². The van der Waals surface area contributed by atoms with Gasteiger partial charge in [0.2, 0.25) is 0 Å². The average molecular weight is 248 g/mol. The van der Waals surface area contributed by atoms with E-state index < -0.39 is 23.4 Å². The molecule has 0 fully saturated rings. The summed E-state index contributed by atoms with van der Waals surface area (Å²) in [5.41, 5.74) is -1.25. The summed E-state index contributed by atoms with van der Waals surface area (Å²) in [6.07, 6.45) is -2.82. The van der Waals surface area contributed by atoms with E-state index in [1.165, 1.54) is 0 Å². The quantitative estimate of drug-likeness (QED) is 0.824. The largest absolute Gasteiger partial charge is 0.353 e. The highest BCUT2D eigenvalue weighted by molar-refractivity contribution is 6.35. The lowest BCUT2D eigenvalue weighted by Crippen LogP contribution is -2.06. The Hall–Kier alpha value is -1.49. The lowest BCUT2D eigenvalue weighted by atomic mass is 10.2. The number of pyridine rings is 1. The molecule has 84 valence electrons. The first-order valence-electron chi connectivity index (χ1n) is 4.29. The molecule has 0 saturated heterocycles. The van der Waals surface area contributed by atoms with Crippen LogP contribution in [0.15, 0.2) is 23.0 Å². The monoisotopic (exact) mass is 247 g/mol. The summed E-state index contributed by atoms with van der Waals surface area (Å²) in [6.45, 7) is 0. The number of hydrogen-bond acceptors (Lipinski definition) is 1. The Kier molecular flexibility index (Phi) is 2.63. The van der Waals surface area contributed by atoms with Crippen LogP contribution in [0.1, 0.15) is 12.1 Å². The van der Waals surface area contributed by atoms with Crippen molar-refractivity contribution in [1.29, 1.82) is 0 Å². The zero-order chi connectivity index (χ0) is 11.9. The molecule has 0 radical (unpaired) electrons. The van der Waals surface area contributed by atoms with Gasteiger partial charge in [-0.1, -0.05) is 11.6 Å². The van der Waals surface area contributed by atoms with Crippen molar-refractivity contribution < 1.29 is 13.2 Å². The van der Waals surface area contributed by atoms with Crippen LogP contribution in [-0.2, 0) is 0 Å². The van der Waals surface area contributed by atoms with Crippen LogP contribution in [0, 0.1) is 5.82 Å². The van der Waals surface area contributed by atoms with E-state index >= 15 is 0 Å². The van der Waals surface area contributed by atoms with Crippen LogP contribution in [0.25, 0.3) is 10.9 Å². The molecule has 0 aliphatic carbocycles. The zero-order valence-corrected chi connectivity index (χ0v) is 8.49. The van der Waals surface area contributed by atoms with Gasteiger partial charge >= 0.3 is 0 Å². The SMILES string of the molecule is O=c1cc(C(F)F)[nH]c2cc(F)cc(Cl)c12. The third-order valence-corrected chi connectivity index (χ3v) is 2.40. The number of rotatable bonds is 1. The van der Waals surface area contributed by atoms with Crippen LogP contribution in [0.4, 0.5) is 13.2 Å². The highest BCUT2D eigenvalue weighted by Crippen LogP contribution is 2.23. The van der Waals surface area contributed by atoms with Crippen molar-refractivity contribution in [2.75, 3.05) is 0 Å². The Bertz CT molecular complexity index is 609. The minimum atomic E-state index is -2.82. The summed E-state index contributed by atoms with van der Waals surface area (Å²) >= 11 is 5.65. The molecule has 0 bridgehead atoms. The van der Waals surface area contributed by atoms with Gasteiger partial charge < -0.3 is 4.98 Å². The van der Waals surface area contributed by atoms with E-state index in [2.05, 4.69) is 4.98 Å². The molecule has 6 heteroatoms. The molecule has 0 aliphatic heterocycles. The molecule has 0 amide bonds. The molecule has 16 heavy (non-hydrogen) atoms. The lowest BCUT2D eigenvalue weighted by molar-refractivity contribution is 0.146. The number of halogens is 4. The maximum absolute atomic E-state index is 13.0. The van der Waals surface area contributed by atoms with E-state index in [-0.39, 0.29) is 15.9 Å². The molecule has 1 aromatic heterocycles. The summed E-state index contributed by atoms with van der Waals surface area (Å²) < 4.78 is 37.7. The summed E-state index contributed by atoms with van der Waals surface area (Å²) in [4.78, 5) is 13.8. The molecule has 2 rings (SSSR count). The number of benzene rings is 1. The highest BCUT2D eigenvalue weighted by Gasteiger charge is 2.13. The summed E-state index contributed by atoms with van der Waals surface area (Å²) in [6, 6.07) is 2.67. The number of nitrogens with one attached hydrogen (secondary N) is 1. The van der Waals surface area contributed by atoms with Crippen LogP contribution < -0.4 is 5.43 Å². The van der Waals surface area contributed by atoms with Crippen LogP contribution >= 0.6 is 11.6 Å². The summed E-state index contributed by atoms with van der Waals surface area (Å²) in [5, 5.41) is -0.0930. The van der Waals surface area contributed by atoms with E-state index in [0.29, 0.717) is 0 Å². The van der Waals surface area contributed by atoms with Crippen LogP contribution in [-0.4, -0.2) is 4.98 Å². The van der Waals surface area contributed by atoms with E-state index in [1.54, 1.807) is 0 Å². The zero-order valence-electron chi connectivity index (χ0n) is 7.73. The van der Waals surface area contributed by atoms with Gasteiger partial charge in [0, 0.05) is 6.07 Å². The van der Waals surface area contributed by atoms with Gasteiger partial charge in [0.15, 0.2) is 5.43 Å². The number of aromatic nitrogens is 1. The molecule has 0 saturated carbocycles. The van der Waals surface area contributed by atoms with Crippen molar-refractivity contribution in [1.82, 2.24) is 4.98 Å². The Morgan fingerprint density at radius 2 is 1.94 bits per heavy atom. The van der Waals surface area contributed by atoms with Crippen molar-refractivity contribution in [3.05, 3.63) is 45.0 Å². The van der Waals surface area contributed by atoms with Crippen LogP contribution in [0.3, 0.4) is 0 Å². The third-order valence-electron chi connectivity index (χ3n) is 2.10. The number of H-pyrrole nitrogens is 1. The van der Waals surface area contributed by atoms with Gasteiger partial charge in [0.05, 0.1) is 21.6 Å². The van der Waals surface area contributed by atoms with Gasteiger partial charge in [-0.3, -0.25) is 4.79 Å². The fourth-order valence-electron chi connectivity index (χ4n) is 1.45. The van der Waals surface area contributed by atoms with E-state index in [1.807, 2.05) is 0 Å². The molecule has 0 spiro atoms. The first kappa shape index (κ1) is 11.0. The molecular formula is C10H5ClF3NO. The molecule has 0 aliphatic rings. The first-order valence-corrected chi connectivity index (χ1v) is 4.67. The first-order chi connectivity index (χ1) is 7.49. The predicted octanol–water partition coefficient (Wildman–Crippen LogP) is 3.26. The Morgan fingerprint density at radius 3 is 2.56 bits per heavy atom. The van der Waals surface area contributed by atoms with Crippen molar-refractivity contribution in [3.8, 4) is 0 Å². The second kappa shape index (κ2) is 3.83. The van der Waals surface area contributed by atoms with Crippen molar-refractivity contribution in [2.24, 2.45) is 0 Å². The maximum Gasteiger partial charge on any atom is 0.278 e. The molecule has 1 heterocycles. The Morgan fingerprint density at radius 1 is 1.25 bits per heavy atom. The lowest BCUT2D eigenvalue weighted by Gasteiger charge is -2.04. The van der Waals surface area contributed by atoms with Crippen LogP contribution in [0.5, 0.6) is 0 Å². The smallest absolute Gasteiger partial charge is 0.278 e. The minimum Gasteiger partial charge on any atom is -0.353 e. The molecule has 0 unspecified atom stereocenters. The number of aromatic amines is 1. The van der Waals surface area contributed by atoms with Gasteiger partial charge in [0.25, 0.3) is 6.43 Å². The maximum atomic E-state index is 13.0. The van der Waals surface area contributed by atoms with Gasteiger partial charge in [-0.05, 0) is 12.1 Å². The third kappa shape index (κ3) is 1.78. The second-order valence-corrected chi connectivity index (χ2v) is 3.61. The number of fused-ring (bicyclic) bond motifs is 1.